The first-order chi connectivity index (χ1) is 13.0. The van der Waals surface area contributed by atoms with Gasteiger partial charge in [0.05, 0.1) is 37.7 Å². The van der Waals surface area contributed by atoms with Crippen molar-refractivity contribution in [1.29, 1.82) is 0 Å². The van der Waals surface area contributed by atoms with E-state index >= 15 is 0 Å². The van der Waals surface area contributed by atoms with Crippen molar-refractivity contribution in [3.8, 4) is 5.75 Å². The zero-order valence-electron chi connectivity index (χ0n) is 15.5. The lowest BCUT2D eigenvalue weighted by atomic mass is 10.1. The van der Waals surface area contributed by atoms with Crippen LogP contribution in [-0.2, 0) is 20.9 Å². The third-order valence-corrected chi connectivity index (χ3v) is 4.32. The maximum Gasteiger partial charge on any atom is 0.340 e. The predicted octanol–water partition coefficient (Wildman–Crippen LogP) is 3.55. The molecule has 1 amide bonds. The highest BCUT2D eigenvalue weighted by atomic mass is 16.5. The standard InChI is InChI=1S/C21H21NO5/c1-4-26-21(24)19-14(2)22(13-15-7-9-16(25-3)10-8-15)20(23)18(19)12-17-6-5-11-27-17/h5-12H,4,13H2,1-3H3/b18-12-. The summed E-state index contributed by atoms with van der Waals surface area (Å²) in [5.74, 6) is 0.463. The van der Waals surface area contributed by atoms with Gasteiger partial charge in [0.25, 0.3) is 5.91 Å². The summed E-state index contributed by atoms with van der Waals surface area (Å²) in [6.45, 7) is 4.05. The molecule has 6 heteroatoms. The van der Waals surface area contributed by atoms with Crippen molar-refractivity contribution < 1.29 is 23.5 Å². The van der Waals surface area contributed by atoms with E-state index in [9.17, 15) is 9.59 Å². The number of methoxy groups -OCH3 is 1. The van der Waals surface area contributed by atoms with E-state index in [2.05, 4.69) is 0 Å². The van der Waals surface area contributed by atoms with Gasteiger partial charge in [-0.05, 0) is 49.8 Å². The van der Waals surface area contributed by atoms with Crippen molar-refractivity contribution >= 4 is 18.0 Å². The lowest BCUT2D eigenvalue weighted by molar-refractivity contribution is -0.138. The first-order valence-electron chi connectivity index (χ1n) is 8.63. The summed E-state index contributed by atoms with van der Waals surface area (Å²) in [6.07, 6.45) is 3.09. The van der Waals surface area contributed by atoms with E-state index in [1.807, 2.05) is 24.3 Å². The molecule has 27 heavy (non-hydrogen) atoms. The van der Waals surface area contributed by atoms with Crippen molar-refractivity contribution in [3.63, 3.8) is 0 Å². The molecule has 140 valence electrons. The minimum absolute atomic E-state index is 0.232. The fourth-order valence-corrected chi connectivity index (χ4v) is 2.95. The number of carbonyl (C=O) groups excluding carboxylic acids is 2. The van der Waals surface area contributed by atoms with Crippen LogP contribution in [0, 0.1) is 0 Å². The van der Waals surface area contributed by atoms with Gasteiger partial charge in [-0.15, -0.1) is 0 Å². The second-order valence-corrected chi connectivity index (χ2v) is 5.99. The Balaban J connectivity index is 1.96. The first-order valence-corrected chi connectivity index (χ1v) is 8.63. The van der Waals surface area contributed by atoms with Gasteiger partial charge in [-0.1, -0.05) is 12.1 Å². The fraction of sp³-hybridized carbons (Fsp3) is 0.238. The molecule has 0 radical (unpaired) electrons. The van der Waals surface area contributed by atoms with E-state index in [1.54, 1.807) is 44.1 Å². The molecule has 6 nitrogen and oxygen atoms in total. The molecule has 2 aromatic rings. The van der Waals surface area contributed by atoms with Gasteiger partial charge in [-0.2, -0.15) is 0 Å². The van der Waals surface area contributed by atoms with Crippen molar-refractivity contribution in [3.05, 3.63) is 70.8 Å². The molecule has 0 fully saturated rings. The largest absolute Gasteiger partial charge is 0.497 e. The van der Waals surface area contributed by atoms with Crippen LogP contribution in [0.1, 0.15) is 25.2 Å². The molecule has 0 bridgehead atoms. The average molecular weight is 367 g/mol. The molecule has 3 rings (SSSR count). The molecule has 0 saturated carbocycles. The van der Waals surface area contributed by atoms with Crippen LogP contribution in [-0.4, -0.2) is 30.5 Å². The minimum Gasteiger partial charge on any atom is -0.497 e. The van der Waals surface area contributed by atoms with Crippen LogP contribution in [0.4, 0.5) is 0 Å². The second-order valence-electron chi connectivity index (χ2n) is 5.99. The quantitative estimate of drug-likeness (QED) is 0.577. The first kappa shape index (κ1) is 18.5. The van der Waals surface area contributed by atoms with Crippen LogP contribution < -0.4 is 4.74 Å². The molecule has 1 aromatic carbocycles. The Kier molecular flexibility index (Phi) is 5.45. The zero-order valence-corrected chi connectivity index (χ0v) is 15.5. The SMILES string of the molecule is CCOC(=O)C1=C(C)N(Cc2ccc(OC)cc2)C(=O)/C1=C\c1ccco1. The third-order valence-electron chi connectivity index (χ3n) is 4.32. The van der Waals surface area contributed by atoms with Gasteiger partial charge in [-0.3, -0.25) is 4.79 Å². The van der Waals surface area contributed by atoms with E-state index in [0.29, 0.717) is 18.0 Å². The van der Waals surface area contributed by atoms with Crippen LogP contribution in [0.5, 0.6) is 5.75 Å². The molecular weight excluding hydrogens is 346 g/mol. The maximum absolute atomic E-state index is 13.0. The van der Waals surface area contributed by atoms with Crippen molar-refractivity contribution in [2.45, 2.75) is 20.4 Å². The normalized spacial score (nSPS) is 15.6. The summed E-state index contributed by atoms with van der Waals surface area (Å²) in [4.78, 5) is 27.1. The number of amides is 1. The van der Waals surface area contributed by atoms with E-state index in [-0.39, 0.29) is 23.7 Å². The Morgan fingerprint density at radius 2 is 1.96 bits per heavy atom. The summed E-state index contributed by atoms with van der Waals surface area (Å²) in [6, 6.07) is 10.9. The number of carbonyl (C=O) groups is 2. The Hall–Kier alpha value is -3.28. The number of ether oxygens (including phenoxy) is 2. The molecule has 2 heterocycles. The van der Waals surface area contributed by atoms with Crippen molar-refractivity contribution in [2.24, 2.45) is 0 Å². The van der Waals surface area contributed by atoms with E-state index < -0.39 is 5.97 Å². The fourth-order valence-electron chi connectivity index (χ4n) is 2.95. The Morgan fingerprint density at radius 1 is 1.22 bits per heavy atom. The van der Waals surface area contributed by atoms with Crippen LogP contribution in [0.15, 0.2) is 63.9 Å². The van der Waals surface area contributed by atoms with Crippen LogP contribution >= 0.6 is 0 Å². The van der Waals surface area contributed by atoms with Crippen LogP contribution in [0.2, 0.25) is 0 Å². The Bertz CT molecular complexity index is 891. The molecule has 1 aromatic heterocycles. The second kappa shape index (κ2) is 7.95. The molecule has 0 aliphatic carbocycles. The third kappa shape index (κ3) is 3.79. The highest BCUT2D eigenvalue weighted by Gasteiger charge is 2.37. The average Bonchev–Trinajstić information content (AvgIpc) is 3.25. The van der Waals surface area contributed by atoms with Gasteiger partial charge in [-0.25, -0.2) is 4.79 Å². The van der Waals surface area contributed by atoms with Gasteiger partial charge in [0.15, 0.2) is 0 Å². The van der Waals surface area contributed by atoms with E-state index in [0.717, 1.165) is 11.3 Å². The van der Waals surface area contributed by atoms with Crippen LogP contribution in [0.3, 0.4) is 0 Å². The molecule has 1 aliphatic heterocycles. The number of allylic oxidation sites excluding steroid dienone is 1. The van der Waals surface area contributed by atoms with E-state index in [4.69, 9.17) is 13.9 Å². The highest BCUT2D eigenvalue weighted by molar-refractivity contribution is 6.16. The number of benzene rings is 1. The summed E-state index contributed by atoms with van der Waals surface area (Å²) in [5.41, 5.74) is 2.03. The summed E-state index contributed by atoms with van der Waals surface area (Å²) < 4.78 is 15.6. The lowest BCUT2D eigenvalue weighted by Gasteiger charge is -2.18. The van der Waals surface area contributed by atoms with Gasteiger partial charge < -0.3 is 18.8 Å². The lowest BCUT2D eigenvalue weighted by Crippen LogP contribution is -2.24. The smallest absolute Gasteiger partial charge is 0.340 e. The number of hydrogen-bond donors (Lipinski definition) is 0. The number of furan rings is 1. The molecule has 1 aliphatic rings. The van der Waals surface area contributed by atoms with Gasteiger partial charge >= 0.3 is 5.97 Å². The molecule has 0 N–H and O–H groups in total. The van der Waals surface area contributed by atoms with Crippen LogP contribution in [0.25, 0.3) is 6.08 Å². The summed E-state index contributed by atoms with van der Waals surface area (Å²) in [7, 11) is 1.60. The maximum atomic E-state index is 13.0. The number of nitrogens with zero attached hydrogens (tertiary/aromatic N) is 1. The summed E-state index contributed by atoms with van der Waals surface area (Å²) >= 11 is 0. The zero-order chi connectivity index (χ0) is 19.4. The summed E-state index contributed by atoms with van der Waals surface area (Å²) in [5, 5.41) is 0. The van der Waals surface area contributed by atoms with E-state index in [1.165, 1.54) is 6.26 Å². The topological polar surface area (TPSA) is 69.0 Å². The van der Waals surface area contributed by atoms with Gasteiger partial charge in [0.1, 0.15) is 11.5 Å². The van der Waals surface area contributed by atoms with Gasteiger partial charge in [0.2, 0.25) is 0 Å². The number of rotatable bonds is 6. The van der Waals surface area contributed by atoms with Crippen molar-refractivity contribution in [2.75, 3.05) is 13.7 Å². The number of hydrogen-bond acceptors (Lipinski definition) is 5. The molecule has 0 saturated heterocycles. The van der Waals surface area contributed by atoms with Gasteiger partial charge in [0, 0.05) is 5.70 Å². The molecule has 0 atom stereocenters. The predicted molar refractivity (Wildman–Crippen MR) is 99.6 cm³/mol. The highest BCUT2D eigenvalue weighted by Crippen LogP contribution is 2.33. The molecule has 0 unspecified atom stereocenters. The van der Waals surface area contributed by atoms with Crippen molar-refractivity contribution in [1.82, 2.24) is 4.90 Å². The monoisotopic (exact) mass is 367 g/mol. The Labute approximate surface area is 157 Å². The molecular formula is C21H21NO5. The minimum atomic E-state index is -0.515. The Morgan fingerprint density at radius 3 is 2.56 bits per heavy atom. The molecule has 0 spiro atoms. The number of esters is 1.